The lowest BCUT2D eigenvalue weighted by atomic mass is 9.80. The summed E-state index contributed by atoms with van der Waals surface area (Å²) < 4.78 is 0. The van der Waals surface area contributed by atoms with Crippen LogP contribution < -0.4 is 4.90 Å². The highest BCUT2D eigenvalue weighted by molar-refractivity contribution is 5.74. The molecule has 192 valence electrons. The molecule has 0 aliphatic carbocycles. The molecule has 0 atom stereocenters. The van der Waals surface area contributed by atoms with Gasteiger partial charge in [0.15, 0.2) is 0 Å². The molecule has 0 spiro atoms. The fourth-order valence-electron chi connectivity index (χ4n) is 4.39. The summed E-state index contributed by atoms with van der Waals surface area (Å²) in [5.74, 6) is 0. The monoisotopic (exact) mass is 482 g/mol. The Kier molecular flexibility index (Phi) is 11.0. The predicted molar refractivity (Wildman–Crippen MR) is 161 cm³/mol. The standard InChI is InChI=1S/C34H46N2/c1-10-13-15-23-35(9)33-22-16-18-29(24-33)26-36(27(4)5)28(6)34(7,8)32-21-17-20-31(25-32)30(12-3)19-14-11-2/h11-12,14,16-22,24-25H,2,4,6,10,13,15,23,26H2,1,3,5,7-9H3/b19-14-,30-12+. The van der Waals surface area contributed by atoms with E-state index in [9.17, 15) is 0 Å². The van der Waals surface area contributed by atoms with Crippen LogP contribution in [-0.2, 0) is 12.0 Å². The first-order chi connectivity index (χ1) is 17.1. The average Bonchev–Trinajstić information content (AvgIpc) is 2.87. The van der Waals surface area contributed by atoms with Crippen LogP contribution in [0.25, 0.3) is 5.57 Å². The summed E-state index contributed by atoms with van der Waals surface area (Å²) >= 11 is 0. The molecule has 0 aromatic heterocycles. The van der Waals surface area contributed by atoms with Gasteiger partial charge in [-0.3, -0.25) is 0 Å². The number of hydrogen-bond donors (Lipinski definition) is 0. The third-order valence-corrected chi connectivity index (χ3v) is 6.94. The van der Waals surface area contributed by atoms with Gasteiger partial charge in [0.1, 0.15) is 0 Å². The number of nitrogens with zero attached hydrogens (tertiary/aromatic N) is 2. The van der Waals surface area contributed by atoms with Crippen LogP contribution in [0.5, 0.6) is 0 Å². The van der Waals surface area contributed by atoms with Crippen molar-refractivity contribution in [2.75, 3.05) is 18.5 Å². The van der Waals surface area contributed by atoms with E-state index >= 15 is 0 Å². The summed E-state index contributed by atoms with van der Waals surface area (Å²) in [6.07, 6.45) is 11.7. The highest BCUT2D eigenvalue weighted by atomic mass is 15.2. The first kappa shape index (κ1) is 29.0. The zero-order valence-corrected chi connectivity index (χ0v) is 23.5. The van der Waals surface area contributed by atoms with Crippen molar-refractivity contribution in [3.8, 4) is 0 Å². The molecule has 0 N–H and O–H groups in total. The van der Waals surface area contributed by atoms with E-state index in [2.05, 4.69) is 132 Å². The summed E-state index contributed by atoms with van der Waals surface area (Å²) in [5.41, 5.74) is 7.87. The van der Waals surface area contributed by atoms with E-state index in [1.807, 2.05) is 12.2 Å². The van der Waals surface area contributed by atoms with Gasteiger partial charge in [-0.05, 0) is 54.7 Å². The van der Waals surface area contributed by atoms with Crippen LogP contribution in [-0.4, -0.2) is 18.5 Å². The highest BCUT2D eigenvalue weighted by Crippen LogP contribution is 2.36. The Morgan fingerprint density at radius 2 is 1.75 bits per heavy atom. The second kappa shape index (κ2) is 13.7. The quantitative estimate of drug-likeness (QED) is 0.195. The largest absolute Gasteiger partial charge is 0.375 e. The van der Waals surface area contributed by atoms with Crippen LogP contribution in [0.3, 0.4) is 0 Å². The van der Waals surface area contributed by atoms with E-state index in [-0.39, 0.29) is 5.41 Å². The molecule has 0 aliphatic rings. The van der Waals surface area contributed by atoms with E-state index in [1.54, 1.807) is 0 Å². The SMILES string of the molecule is C=C/C=C\C(=C/C)c1cccc(C(C)(C)C(=C)N(Cc2cccc(N(C)CCCCC)c2)C(=C)C)c1. The number of hydrogen-bond acceptors (Lipinski definition) is 2. The first-order valence-electron chi connectivity index (χ1n) is 13.1. The van der Waals surface area contributed by atoms with E-state index in [1.165, 1.54) is 47.2 Å². The zero-order chi connectivity index (χ0) is 26.7. The van der Waals surface area contributed by atoms with Crippen molar-refractivity contribution in [2.45, 2.75) is 65.8 Å². The van der Waals surface area contributed by atoms with E-state index < -0.39 is 0 Å². The van der Waals surface area contributed by atoms with Crippen molar-refractivity contribution >= 4 is 11.3 Å². The maximum Gasteiger partial charge on any atom is 0.0476 e. The van der Waals surface area contributed by atoms with Gasteiger partial charge in [-0.25, -0.2) is 0 Å². The molecular formula is C34H46N2. The van der Waals surface area contributed by atoms with Gasteiger partial charge in [-0.2, -0.15) is 0 Å². The van der Waals surface area contributed by atoms with Crippen molar-refractivity contribution in [1.29, 1.82) is 0 Å². The lowest BCUT2D eigenvalue weighted by Crippen LogP contribution is -2.32. The summed E-state index contributed by atoms with van der Waals surface area (Å²) in [7, 11) is 2.18. The Morgan fingerprint density at radius 1 is 1.03 bits per heavy atom. The second-order valence-corrected chi connectivity index (χ2v) is 10.1. The molecule has 0 saturated carbocycles. The summed E-state index contributed by atoms with van der Waals surface area (Å²) in [6.45, 7) is 25.4. The van der Waals surface area contributed by atoms with Crippen molar-refractivity contribution in [2.24, 2.45) is 0 Å². The maximum absolute atomic E-state index is 4.59. The third-order valence-electron chi connectivity index (χ3n) is 6.94. The average molecular weight is 483 g/mol. The van der Waals surface area contributed by atoms with Crippen LogP contribution >= 0.6 is 0 Å². The molecule has 2 nitrogen and oxygen atoms in total. The topological polar surface area (TPSA) is 6.48 Å². The molecular weight excluding hydrogens is 436 g/mol. The Labute approximate surface area is 221 Å². The molecule has 0 unspecified atom stereocenters. The normalized spacial score (nSPS) is 12.0. The van der Waals surface area contributed by atoms with Crippen LogP contribution in [0.4, 0.5) is 5.69 Å². The molecule has 0 aliphatic heterocycles. The molecule has 0 fully saturated rings. The molecule has 0 heterocycles. The van der Waals surface area contributed by atoms with Gasteiger partial charge in [0.2, 0.25) is 0 Å². The van der Waals surface area contributed by atoms with Crippen molar-refractivity contribution in [3.05, 3.63) is 121 Å². The summed E-state index contributed by atoms with van der Waals surface area (Å²) in [5, 5.41) is 0. The lowest BCUT2D eigenvalue weighted by molar-refractivity contribution is 0.354. The zero-order valence-electron chi connectivity index (χ0n) is 23.5. The number of allylic oxidation sites excluding steroid dienone is 7. The Morgan fingerprint density at radius 3 is 2.39 bits per heavy atom. The summed E-state index contributed by atoms with van der Waals surface area (Å²) in [4.78, 5) is 4.62. The minimum Gasteiger partial charge on any atom is -0.375 e. The van der Waals surface area contributed by atoms with Crippen LogP contribution in [0, 0.1) is 0 Å². The summed E-state index contributed by atoms with van der Waals surface area (Å²) in [6, 6.07) is 17.6. The van der Waals surface area contributed by atoms with Crippen LogP contribution in [0.15, 0.2) is 104 Å². The Hall–Kier alpha value is -3.26. The van der Waals surface area contributed by atoms with Gasteiger partial charge >= 0.3 is 0 Å². The van der Waals surface area contributed by atoms with Gasteiger partial charge in [0.25, 0.3) is 0 Å². The van der Waals surface area contributed by atoms with Crippen molar-refractivity contribution < 1.29 is 0 Å². The fraction of sp³-hybridized carbons (Fsp3) is 0.353. The molecule has 2 aromatic rings. The van der Waals surface area contributed by atoms with Gasteiger partial charge in [0.05, 0.1) is 0 Å². The van der Waals surface area contributed by atoms with E-state index in [4.69, 9.17) is 0 Å². The second-order valence-electron chi connectivity index (χ2n) is 10.1. The minimum atomic E-state index is -0.273. The van der Waals surface area contributed by atoms with E-state index in [0.717, 1.165) is 24.5 Å². The van der Waals surface area contributed by atoms with Gasteiger partial charge in [-0.1, -0.05) is 114 Å². The molecule has 2 aromatic carbocycles. The number of anilines is 1. The number of rotatable bonds is 14. The highest BCUT2D eigenvalue weighted by Gasteiger charge is 2.29. The Balaban J connectivity index is 2.31. The molecule has 0 bridgehead atoms. The maximum atomic E-state index is 4.59. The molecule has 0 amide bonds. The van der Waals surface area contributed by atoms with Gasteiger partial charge in [0, 0.05) is 42.6 Å². The first-order valence-corrected chi connectivity index (χ1v) is 13.1. The third kappa shape index (κ3) is 7.62. The number of unbranched alkanes of at least 4 members (excludes halogenated alkanes) is 2. The van der Waals surface area contributed by atoms with Gasteiger partial charge in [-0.15, -0.1) is 0 Å². The van der Waals surface area contributed by atoms with Crippen molar-refractivity contribution in [3.63, 3.8) is 0 Å². The van der Waals surface area contributed by atoms with Crippen LogP contribution in [0.2, 0.25) is 0 Å². The minimum absolute atomic E-state index is 0.273. The van der Waals surface area contributed by atoms with Gasteiger partial charge < -0.3 is 9.80 Å². The van der Waals surface area contributed by atoms with E-state index in [0.29, 0.717) is 0 Å². The molecule has 36 heavy (non-hydrogen) atoms. The Bertz CT molecular complexity index is 1100. The van der Waals surface area contributed by atoms with Crippen molar-refractivity contribution in [1.82, 2.24) is 4.90 Å². The molecule has 2 heteroatoms. The molecule has 0 radical (unpaired) electrons. The smallest absolute Gasteiger partial charge is 0.0476 e. The predicted octanol–water partition coefficient (Wildman–Crippen LogP) is 9.29. The molecule has 2 rings (SSSR count). The fourth-order valence-corrected chi connectivity index (χ4v) is 4.39. The van der Waals surface area contributed by atoms with Crippen LogP contribution in [0.1, 0.15) is 70.6 Å². The number of benzene rings is 2. The molecule has 0 saturated heterocycles. The lowest BCUT2D eigenvalue weighted by Gasteiger charge is -2.38.